The van der Waals surface area contributed by atoms with Crippen molar-refractivity contribution in [2.45, 2.75) is 26.3 Å². The van der Waals surface area contributed by atoms with Gasteiger partial charge in [-0.15, -0.1) is 0 Å². The van der Waals surface area contributed by atoms with E-state index in [1.165, 1.54) is 5.56 Å². The maximum atomic E-state index is 13.4. The number of nitrogens with zero attached hydrogens (tertiary/aromatic N) is 4. The maximum Gasteiger partial charge on any atom is 0.227 e. The molecule has 4 rings (SSSR count). The Labute approximate surface area is 177 Å². The molecule has 6 nitrogen and oxygen atoms in total. The number of hydrogen-bond acceptors (Lipinski definition) is 4. The van der Waals surface area contributed by atoms with E-state index in [4.69, 9.17) is 0 Å². The topological polar surface area (TPSA) is 65.1 Å². The Morgan fingerprint density at radius 3 is 2.77 bits per heavy atom. The molecule has 3 heterocycles. The van der Waals surface area contributed by atoms with Crippen LogP contribution in [0.4, 0.5) is 0 Å². The van der Waals surface area contributed by atoms with Gasteiger partial charge < -0.3 is 4.90 Å². The third kappa shape index (κ3) is 4.76. The van der Waals surface area contributed by atoms with Gasteiger partial charge in [-0.2, -0.15) is 5.10 Å². The first-order chi connectivity index (χ1) is 14.7. The highest BCUT2D eigenvalue weighted by Crippen LogP contribution is 2.27. The lowest BCUT2D eigenvalue weighted by atomic mass is 9.91. The van der Waals surface area contributed by atoms with E-state index in [1.807, 2.05) is 23.2 Å². The molecular weight excluding hydrogens is 374 g/mol. The molecule has 1 N–H and O–H groups in total. The van der Waals surface area contributed by atoms with E-state index in [9.17, 15) is 4.79 Å². The summed E-state index contributed by atoms with van der Waals surface area (Å²) in [5.74, 6) is 0.199. The van der Waals surface area contributed by atoms with Gasteiger partial charge in [0.2, 0.25) is 5.91 Å². The zero-order valence-electron chi connectivity index (χ0n) is 17.5. The molecule has 0 radical (unpaired) electrons. The van der Waals surface area contributed by atoms with Gasteiger partial charge in [0.25, 0.3) is 0 Å². The summed E-state index contributed by atoms with van der Waals surface area (Å²) in [6.45, 7) is 6.14. The number of benzene rings is 1. The molecule has 1 aliphatic heterocycles. The fourth-order valence-corrected chi connectivity index (χ4v) is 4.28. The number of amides is 1. The van der Waals surface area contributed by atoms with Crippen molar-refractivity contribution < 1.29 is 4.79 Å². The predicted molar refractivity (Wildman–Crippen MR) is 118 cm³/mol. The average Bonchev–Trinajstić information content (AvgIpc) is 3.24. The van der Waals surface area contributed by atoms with Gasteiger partial charge in [-0.05, 0) is 36.1 Å². The number of pyridine rings is 1. The number of carbonyl (C=O) groups excluding carboxylic acids is 1. The van der Waals surface area contributed by atoms with Gasteiger partial charge in [0.05, 0.1) is 5.92 Å². The first-order valence-corrected chi connectivity index (χ1v) is 10.7. The van der Waals surface area contributed by atoms with Crippen LogP contribution in [-0.4, -0.2) is 57.1 Å². The van der Waals surface area contributed by atoms with Gasteiger partial charge in [0.15, 0.2) is 0 Å². The van der Waals surface area contributed by atoms with E-state index in [0.717, 1.165) is 62.4 Å². The molecule has 2 aromatic heterocycles. The zero-order valence-corrected chi connectivity index (χ0v) is 17.5. The summed E-state index contributed by atoms with van der Waals surface area (Å²) in [4.78, 5) is 22.1. The van der Waals surface area contributed by atoms with Crippen molar-refractivity contribution >= 4 is 5.91 Å². The van der Waals surface area contributed by atoms with Crippen molar-refractivity contribution in [2.24, 2.45) is 5.92 Å². The lowest BCUT2D eigenvalue weighted by Crippen LogP contribution is -2.37. The van der Waals surface area contributed by atoms with Crippen molar-refractivity contribution in [3.63, 3.8) is 0 Å². The summed E-state index contributed by atoms with van der Waals surface area (Å²) in [6.07, 6.45) is 7.16. The molecule has 1 fully saturated rings. The highest BCUT2D eigenvalue weighted by atomic mass is 16.2. The van der Waals surface area contributed by atoms with Crippen LogP contribution in [0.1, 0.15) is 24.6 Å². The molecule has 0 spiro atoms. The second-order valence-corrected chi connectivity index (χ2v) is 7.94. The Balaban J connectivity index is 1.59. The van der Waals surface area contributed by atoms with Crippen LogP contribution in [0.2, 0.25) is 0 Å². The van der Waals surface area contributed by atoms with Gasteiger partial charge >= 0.3 is 0 Å². The number of hydrogen-bond donors (Lipinski definition) is 1. The van der Waals surface area contributed by atoms with E-state index in [-0.39, 0.29) is 11.8 Å². The molecule has 0 aliphatic carbocycles. The van der Waals surface area contributed by atoms with Gasteiger partial charge in [0, 0.05) is 62.6 Å². The van der Waals surface area contributed by atoms with Crippen molar-refractivity contribution in [3.05, 3.63) is 72.3 Å². The monoisotopic (exact) mass is 403 g/mol. The van der Waals surface area contributed by atoms with E-state index >= 15 is 0 Å². The molecule has 1 amide bonds. The van der Waals surface area contributed by atoms with Gasteiger partial charge in [-0.1, -0.05) is 37.3 Å². The fourth-order valence-electron chi connectivity index (χ4n) is 4.28. The lowest BCUT2D eigenvalue weighted by molar-refractivity contribution is -0.134. The van der Waals surface area contributed by atoms with E-state index in [0.29, 0.717) is 0 Å². The summed E-state index contributed by atoms with van der Waals surface area (Å²) >= 11 is 0. The maximum absolute atomic E-state index is 13.4. The molecular formula is C24H29N5O. The number of H-pyrrole nitrogens is 1. The quantitative estimate of drug-likeness (QED) is 0.657. The Morgan fingerprint density at radius 2 is 2.00 bits per heavy atom. The van der Waals surface area contributed by atoms with Crippen LogP contribution in [0.25, 0.3) is 11.1 Å². The molecule has 0 saturated carbocycles. The molecule has 0 bridgehead atoms. The fraction of sp³-hybridized carbons (Fsp3) is 0.375. The summed E-state index contributed by atoms with van der Waals surface area (Å²) in [6, 6.07) is 14.4. The first kappa shape index (κ1) is 20.3. The molecule has 1 saturated heterocycles. The molecule has 1 aromatic carbocycles. The highest BCUT2D eigenvalue weighted by molar-refractivity contribution is 5.80. The SMILES string of the molecule is CCCN1CCN(Cc2ccn[nH]2)CC(Cc2ccccc2-c2cccnc2)C1=O. The summed E-state index contributed by atoms with van der Waals surface area (Å²) < 4.78 is 0. The Bertz CT molecular complexity index is 941. The van der Waals surface area contributed by atoms with Crippen molar-refractivity contribution in [1.82, 2.24) is 25.0 Å². The number of nitrogens with one attached hydrogen (secondary N) is 1. The predicted octanol–water partition coefficient (Wildman–Crippen LogP) is 3.38. The van der Waals surface area contributed by atoms with Crippen LogP contribution < -0.4 is 0 Å². The molecule has 6 heteroatoms. The van der Waals surface area contributed by atoms with Crippen LogP contribution in [0.3, 0.4) is 0 Å². The van der Waals surface area contributed by atoms with Gasteiger partial charge in [-0.3, -0.25) is 19.8 Å². The standard InChI is InChI=1S/C24H29N5O/c1-2-12-29-14-13-28(18-22-9-11-26-27-22)17-21(24(29)30)15-19-6-3-4-8-23(19)20-7-5-10-25-16-20/h3-11,16,21H,2,12-15,17-18H2,1H3,(H,26,27). The number of rotatable bonds is 7. The van der Waals surface area contributed by atoms with E-state index in [2.05, 4.69) is 57.3 Å². The second-order valence-electron chi connectivity index (χ2n) is 7.94. The molecule has 3 aromatic rings. The Morgan fingerprint density at radius 1 is 1.10 bits per heavy atom. The van der Waals surface area contributed by atoms with Crippen LogP contribution in [0.5, 0.6) is 0 Å². The number of aromatic amines is 1. The number of aromatic nitrogens is 3. The summed E-state index contributed by atoms with van der Waals surface area (Å²) in [5.41, 5.74) is 4.53. The minimum atomic E-state index is -0.0696. The van der Waals surface area contributed by atoms with Crippen molar-refractivity contribution in [2.75, 3.05) is 26.2 Å². The normalized spacial score (nSPS) is 17.8. The minimum absolute atomic E-state index is 0.0696. The van der Waals surface area contributed by atoms with Crippen LogP contribution in [0, 0.1) is 5.92 Å². The average molecular weight is 404 g/mol. The van der Waals surface area contributed by atoms with Gasteiger partial charge in [-0.25, -0.2) is 0 Å². The molecule has 1 unspecified atom stereocenters. The third-order valence-electron chi connectivity index (χ3n) is 5.73. The highest BCUT2D eigenvalue weighted by Gasteiger charge is 2.30. The lowest BCUT2D eigenvalue weighted by Gasteiger charge is -2.24. The summed E-state index contributed by atoms with van der Waals surface area (Å²) in [7, 11) is 0. The van der Waals surface area contributed by atoms with Crippen LogP contribution in [-0.2, 0) is 17.8 Å². The van der Waals surface area contributed by atoms with Crippen molar-refractivity contribution in [1.29, 1.82) is 0 Å². The Hall–Kier alpha value is -2.99. The van der Waals surface area contributed by atoms with E-state index in [1.54, 1.807) is 12.4 Å². The minimum Gasteiger partial charge on any atom is -0.341 e. The molecule has 1 aliphatic rings. The van der Waals surface area contributed by atoms with Crippen molar-refractivity contribution in [3.8, 4) is 11.1 Å². The summed E-state index contributed by atoms with van der Waals surface area (Å²) in [5, 5.41) is 7.12. The number of carbonyl (C=O) groups is 1. The zero-order chi connectivity index (χ0) is 20.8. The van der Waals surface area contributed by atoms with Gasteiger partial charge in [0.1, 0.15) is 0 Å². The Kier molecular flexibility index (Phi) is 6.54. The van der Waals surface area contributed by atoms with Crippen LogP contribution in [0.15, 0.2) is 61.1 Å². The largest absolute Gasteiger partial charge is 0.341 e. The first-order valence-electron chi connectivity index (χ1n) is 10.7. The second kappa shape index (κ2) is 9.67. The molecule has 30 heavy (non-hydrogen) atoms. The van der Waals surface area contributed by atoms with E-state index < -0.39 is 0 Å². The van der Waals surface area contributed by atoms with Crippen LogP contribution >= 0.6 is 0 Å². The molecule has 156 valence electrons. The third-order valence-corrected chi connectivity index (χ3v) is 5.73. The smallest absolute Gasteiger partial charge is 0.227 e. The molecule has 1 atom stereocenters.